The van der Waals surface area contributed by atoms with Gasteiger partial charge < -0.3 is 10.2 Å². The fraction of sp³-hybridized carbons (Fsp3) is 0.391. The molecule has 2 amide bonds. The van der Waals surface area contributed by atoms with Gasteiger partial charge in [-0.15, -0.1) is 11.8 Å². The summed E-state index contributed by atoms with van der Waals surface area (Å²) >= 11 is 1.62. The zero-order valence-corrected chi connectivity index (χ0v) is 18.5. The van der Waals surface area contributed by atoms with Crippen molar-refractivity contribution in [2.24, 2.45) is 5.41 Å². The normalized spacial score (nSPS) is 16.8. The van der Waals surface area contributed by atoms with Crippen LogP contribution in [0.3, 0.4) is 0 Å². The number of carbonyl (C=O) groups is 2. The van der Waals surface area contributed by atoms with Crippen LogP contribution in [-0.4, -0.2) is 31.7 Å². The van der Waals surface area contributed by atoms with Gasteiger partial charge in [0, 0.05) is 37.6 Å². The van der Waals surface area contributed by atoms with Crippen molar-refractivity contribution in [3.8, 4) is 0 Å². The van der Waals surface area contributed by atoms with E-state index < -0.39 is 0 Å². The molecule has 1 atom stereocenters. The lowest BCUT2D eigenvalue weighted by atomic mass is 9.92. The van der Waals surface area contributed by atoms with E-state index in [1.165, 1.54) is 0 Å². The van der Waals surface area contributed by atoms with E-state index in [0.717, 1.165) is 22.6 Å². The van der Waals surface area contributed by atoms with Gasteiger partial charge in [-0.1, -0.05) is 32.9 Å². The molecule has 29 heavy (non-hydrogen) atoms. The summed E-state index contributed by atoms with van der Waals surface area (Å²) < 4.78 is 0. The Morgan fingerprint density at radius 3 is 2.28 bits per heavy atom. The van der Waals surface area contributed by atoms with Crippen LogP contribution in [-0.2, 0) is 9.59 Å². The molecule has 0 bridgehead atoms. The molecule has 0 aromatic heterocycles. The van der Waals surface area contributed by atoms with Crippen molar-refractivity contribution in [1.82, 2.24) is 0 Å². The third kappa shape index (κ3) is 5.32. The SMILES string of the molecule is CN(C)c1ccc(N2C(=O)CS[C@@H]2c2ccc(NC(=O)CC(C)(C)C)cc2)cc1. The van der Waals surface area contributed by atoms with Crippen molar-refractivity contribution in [2.75, 3.05) is 35.0 Å². The standard InChI is InChI=1S/C23H29N3O2S/c1-23(2,3)14-20(27)24-17-8-6-16(7-9-17)22-26(21(28)15-29-22)19-12-10-18(11-13-19)25(4)5/h6-13,22H,14-15H2,1-5H3,(H,24,27)/t22-/m1/s1. The van der Waals surface area contributed by atoms with Gasteiger partial charge in [0.1, 0.15) is 5.37 Å². The number of amides is 2. The van der Waals surface area contributed by atoms with E-state index in [-0.39, 0.29) is 22.6 Å². The molecular weight excluding hydrogens is 382 g/mol. The predicted octanol–water partition coefficient (Wildman–Crippen LogP) is 4.91. The van der Waals surface area contributed by atoms with Crippen LogP contribution in [0.4, 0.5) is 17.1 Å². The molecule has 0 radical (unpaired) electrons. The first-order valence-corrected chi connectivity index (χ1v) is 10.8. The first kappa shape index (κ1) is 21.2. The molecule has 2 aromatic rings. The van der Waals surface area contributed by atoms with Crippen molar-refractivity contribution in [1.29, 1.82) is 0 Å². The van der Waals surface area contributed by atoms with Gasteiger partial charge in [0.2, 0.25) is 11.8 Å². The van der Waals surface area contributed by atoms with Crippen LogP contribution in [0.15, 0.2) is 48.5 Å². The second kappa shape index (κ2) is 8.49. The number of thioether (sulfide) groups is 1. The van der Waals surface area contributed by atoms with Crippen LogP contribution in [0.2, 0.25) is 0 Å². The van der Waals surface area contributed by atoms with Crippen molar-refractivity contribution >= 4 is 40.6 Å². The number of carbonyl (C=O) groups excluding carboxylic acids is 2. The second-order valence-electron chi connectivity index (χ2n) is 8.75. The molecule has 0 saturated carbocycles. The van der Waals surface area contributed by atoms with E-state index in [0.29, 0.717) is 12.2 Å². The monoisotopic (exact) mass is 411 g/mol. The second-order valence-corrected chi connectivity index (χ2v) is 9.81. The number of nitrogens with zero attached hydrogens (tertiary/aromatic N) is 2. The highest BCUT2D eigenvalue weighted by molar-refractivity contribution is 8.00. The molecule has 0 spiro atoms. The third-order valence-corrected chi connectivity index (χ3v) is 5.89. The highest BCUT2D eigenvalue weighted by Gasteiger charge is 2.34. The maximum atomic E-state index is 12.6. The Kier molecular flexibility index (Phi) is 6.22. The van der Waals surface area contributed by atoms with Gasteiger partial charge in [-0.05, 0) is 47.4 Å². The summed E-state index contributed by atoms with van der Waals surface area (Å²) in [5.41, 5.74) is 3.77. The Labute approximate surface area is 177 Å². The number of rotatable bonds is 5. The first-order valence-electron chi connectivity index (χ1n) is 9.75. The fourth-order valence-electron chi connectivity index (χ4n) is 3.28. The molecule has 6 heteroatoms. The van der Waals surface area contributed by atoms with Crippen LogP contribution >= 0.6 is 11.8 Å². The van der Waals surface area contributed by atoms with Crippen LogP contribution in [0, 0.1) is 5.41 Å². The van der Waals surface area contributed by atoms with Gasteiger partial charge in [0.15, 0.2) is 0 Å². The maximum Gasteiger partial charge on any atom is 0.238 e. The highest BCUT2D eigenvalue weighted by atomic mass is 32.2. The minimum Gasteiger partial charge on any atom is -0.378 e. The quantitative estimate of drug-likeness (QED) is 0.760. The van der Waals surface area contributed by atoms with E-state index >= 15 is 0 Å². The number of anilines is 3. The average molecular weight is 412 g/mol. The largest absolute Gasteiger partial charge is 0.378 e. The molecule has 0 aliphatic carbocycles. The van der Waals surface area contributed by atoms with Gasteiger partial charge in [-0.25, -0.2) is 0 Å². The Hall–Kier alpha value is -2.47. The summed E-state index contributed by atoms with van der Waals surface area (Å²) in [6.07, 6.45) is 0.471. The third-order valence-electron chi connectivity index (χ3n) is 4.68. The summed E-state index contributed by atoms with van der Waals surface area (Å²) in [6, 6.07) is 15.8. The highest BCUT2D eigenvalue weighted by Crippen LogP contribution is 2.42. The molecule has 1 fully saturated rings. The molecular formula is C23H29N3O2S. The summed E-state index contributed by atoms with van der Waals surface area (Å²) in [4.78, 5) is 28.6. The fourth-order valence-corrected chi connectivity index (χ4v) is 4.46. The van der Waals surface area contributed by atoms with Crippen molar-refractivity contribution < 1.29 is 9.59 Å². The van der Waals surface area contributed by atoms with E-state index in [1.54, 1.807) is 11.8 Å². The minimum atomic E-state index is -0.0629. The topological polar surface area (TPSA) is 52.6 Å². The number of hydrogen-bond acceptors (Lipinski definition) is 4. The molecule has 5 nitrogen and oxygen atoms in total. The summed E-state index contributed by atoms with van der Waals surface area (Å²) in [5, 5.41) is 2.89. The Morgan fingerprint density at radius 1 is 1.10 bits per heavy atom. The van der Waals surface area contributed by atoms with Gasteiger partial charge in [0.25, 0.3) is 0 Å². The Balaban J connectivity index is 1.75. The lowest BCUT2D eigenvalue weighted by Crippen LogP contribution is -2.27. The molecule has 3 rings (SSSR count). The first-order chi connectivity index (χ1) is 13.6. The Morgan fingerprint density at radius 2 is 1.72 bits per heavy atom. The van der Waals surface area contributed by atoms with Gasteiger partial charge in [-0.2, -0.15) is 0 Å². The van der Waals surface area contributed by atoms with E-state index in [1.807, 2.05) is 93.2 Å². The van der Waals surface area contributed by atoms with Gasteiger partial charge in [-0.3, -0.25) is 14.5 Å². The lowest BCUT2D eigenvalue weighted by molar-refractivity contribution is -0.118. The summed E-state index contributed by atoms with van der Waals surface area (Å²) in [5.74, 6) is 0.586. The number of hydrogen-bond donors (Lipinski definition) is 1. The van der Waals surface area contributed by atoms with Crippen LogP contribution in [0.5, 0.6) is 0 Å². The van der Waals surface area contributed by atoms with E-state index in [4.69, 9.17) is 0 Å². The maximum absolute atomic E-state index is 12.6. The lowest BCUT2D eigenvalue weighted by Gasteiger charge is -2.25. The minimum absolute atomic E-state index is 0.0123. The zero-order chi connectivity index (χ0) is 21.2. The molecule has 1 N–H and O–H groups in total. The smallest absolute Gasteiger partial charge is 0.238 e. The van der Waals surface area contributed by atoms with Gasteiger partial charge >= 0.3 is 0 Å². The zero-order valence-electron chi connectivity index (χ0n) is 17.7. The number of nitrogens with one attached hydrogen (secondary N) is 1. The van der Waals surface area contributed by atoms with Crippen LogP contribution < -0.4 is 15.1 Å². The Bertz CT molecular complexity index is 870. The van der Waals surface area contributed by atoms with Crippen LogP contribution in [0.1, 0.15) is 38.1 Å². The van der Waals surface area contributed by atoms with E-state index in [9.17, 15) is 9.59 Å². The molecule has 1 heterocycles. The van der Waals surface area contributed by atoms with Crippen molar-refractivity contribution in [2.45, 2.75) is 32.6 Å². The molecule has 154 valence electrons. The molecule has 1 saturated heterocycles. The molecule has 1 aliphatic heterocycles. The van der Waals surface area contributed by atoms with Gasteiger partial charge in [0.05, 0.1) is 5.75 Å². The molecule has 0 unspecified atom stereocenters. The molecule has 2 aromatic carbocycles. The van der Waals surface area contributed by atoms with Crippen molar-refractivity contribution in [3.05, 3.63) is 54.1 Å². The van der Waals surface area contributed by atoms with Crippen LogP contribution in [0.25, 0.3) is 0 Å². The summed E-state index contributed by atoms with van der Waals surface area (Å²) in [6.45, 7) is 6.14. The summed E-state index contributed by atoms with van der Waals surface area (Å²) in [7, 11) is 3.99. The molecule has 1 aliphatic rings. The average Bonchev–Trinajstić information content (AvgIpc) is 3.02. The predicted molar refractivity (Wildman–Crippen MR) is 123 cm³/mol. The van der Waals surface area contributed by atoms with E-state index in [2.05, 4.69) is 5.32 Å². The van der Waals surface area contributed by atoms with Crippen molar-refractivity contribution in [3.63, 3.8) is 0 Å². The number of benzene rings is 2.